The van der Waals surface area contributed by atoms with Gasteiger partial charge in [0, 0.05) is 23.5 Å². The maximum absolute atomic E-state index is 12.6. The Hall–Kier alpha value is -1.60. The zero-order valence-electron chi connectivity index (χ0n) is 14.2. The first-order valence-electron chi connectivity index (χ1n) is 8.58. The molecule has 1 aromatic heterocycles. The number of aliphatic carboxylic acids is 1. The Balaban J connectivity index is 1.50. The van der Waals surface area contributed by atoms with Crippen molar-refractivity contribution in [3.05, 3.63) is 21.9 Å². The van der Waals surface area contributed by atoms with Crippen LogP contribution in [-0.2, 0) is 11.2 Å². The van der Waals surface area contributed by atoms with Crippen molar-refractivity contribution in [2.75, 3.05) is 19.6 Å². The number of rotatable bonds is 5. The van der Waals surface area contributed by atoms with Gasteiger partial charge >= 0.3 is 12.0 Å². The largest absolute Gasteiger partial charge is 0.480 e. The summed E-state index contributed by atoms with van der Waals surface area (Å²) in [7, 11) is 0. The van der Waals surface area contributed by atoms with E-state index < -0.39 is 5.97 Å². The van der Waals surface area contributed by atoms with Gasteiger partial charge in [-0.25, -0.2) is 4.79 Å². The quantitative estimate of drug-likeness (QED) is 0.854. The first-order chi connectivity index (χ1) is 11.5. The van der Waals surface area contributed by atoms with Crippen molar-refractivity contribution in [3.63, 3.8) is 0 Å². The molecule has 2 amide bonds. The Labute approximate surface area is 146 Å². The van der Waals surface area contributed by atoms with Crippen LogP contribution < -0.4 is 5.32 Å². The second-order valence-electron chi connectivity index (χ2n) is 6.65. The van der Waals surface area contributed by atoms with Crippen LogP contribution >= 0.6 is 11.3 Å². The van der Waals surface area contributed by atoms with Gasteiger partial charge in [-0.2, -0.15) is 0 Å². The van der Waals surface area contributed by atoms with E-state index in [-0.39, 0.29) is 30.7 Å². The number of carbonyl (C=O) groups excluding carboxylic acids is 1. The molecule has 2 aliphatic rings. The van der Waals surface area contributed by atoms with Crippen LogP contribution in [0, 0.1) is 0 Å². The topological polar surface area (TPSA) is 72.9 Å². The lowest BCUT2D eigenvalue weighted by Gasteiger charge is -2.43. The molecule has 0 radical (unpaired) electrons. The molecule has 1 aliphatic heterocycles. The van der Waals surface area contributed by atoms with E-state index in [9.17, 15) is 9.59 Å². The second kappa shape index (κ2) is 7.11. The lowest BCUT2D eigenvalue weighted by molar-refractivity contribution is -0.139. The van der Waals surface area contributed by atoms with E-state index in [1.807, 2.05) is 16.7 Å². The van der Waals surface area contributed by atoms with E-state index >= 15 is 0 Å². The molecule has 1 aromatic rings. The number of carbonyl (C=O) groups is 2. The van der Waals surface area contributed by atoms with Crippen LogP contribution in [0.25, 0.3) is 0 Å². The molecule has 1 fully saturated rings. The van der Waals surface area contributed by atoms with Crippen LogP contribution in [0.1, 0.15) is 43.2 Å². The molecule has 0 bridgehead atoms. The summed E-state index contributed by atoms with van der Waals surface area (Å²) in [6.45, 7) is 5.62. The molecule has 1 saturated carbocycles. The van der Waals surface area contributed by atoms with E-state index in [1.54, 1.807) is 11.3 Å². The molecular formula is C17H25N3O3S. The van der Waals surface area contributed by atoms with Crippen molar-refractivity contribution in [1.29, 1.82) is 0 Å². The van der Waals surface area contributed by atoms with Crippen LogP contribution in [0.5, 0.6) is 0 Å². The highest BCUT2D eigenvalue weighted by Gasteiger charge is 2.36. The molecular weight excluding hydrogens is 326 g/mol. The molecule has 1 atom stereocenters. The van der Waals surface area contributed by atoms with E-state index in [2.05, 4.69) is 23.7 Å². The van der Waals surface area contributed by atoms with Crippen molar-refractivity contribution < 1.29 is 14.7 Å². The van der Waals surface area contributed by atoms with Gasteiger partial charge in [-0.3, -0.25) is 9.69 Å². The molecule has 2 heterocycles. The standard InChI is InChI=1S/C17H25N3O3S/c1-3-19(10-16(21)22)13-8-12(9-13)18-17(23)20-6-4-15-14(11(20)2)5-7-24-15/h5,7,11-13H,3-4,6,8-10H2,1-2H3,(H,18,23)(H,21,22). The minimum absolute atomic E-state index is 0.00378. The summed E-state index contributed by atoms with van der Waals surface area (Å²) in [4.78, 5) is 28.7. The van der Waals surface area contributed by atoms with Gasteiger partial charge in [0.15, 0.2) is 0 Å². The summed E-state index contributed by atoms with van der Waals surface area (Å²) in [5, 5.41) is 14.2. The summed E-state index contributed by atoms with van der Waals surface area (Å²) < 4.78 is 0. The summed E-state index contributed by atoms with van der Waals surface area (Å²) in [5.74, 6) is -0.793. The van der Waals surface area contributed by atoms with Gasteiger partial charge in [0.2, 0.25) is 0 Å². The molecule has 7 heteroatoms. The number of urea groups is 1. The number of hydrogen-bond acceptors (Lipinski definition) is 4. The van der Waals surface area contributed by atoms with Gasteiger partial charge in [0.25, 0.3) is 0 Å². The van der Waals surface area contributed by atoms with Crippen LogP contribution in [0.4, 0.5) is 4.79 Å². The molecule has 24 heavy (non-hydrogen) atoms. The number of hydrogen-bond donors (Lipinski definition) is 2. The summed E-state index contributed by atoms with van der Waals surface area (Å²) in [5.41, 5.74) is 1.27. The van der Waals surface area contributed by atoms with E-state index in [0.29, 0.717) is 0 Å². The number of nitrogens with one attached hydrogen (secondary N) is 1. The summed E-state index contributed by atoms with van der Waals surface area (Å²) in [6, 6.07) is 2.66. The van der Waals surface area contributed by atoms with Gasteiger partial charge in [-0.15, -0.1) is 11.3 Å². The Morgan fingerprint density at radius 1 is 1.46 bits per heavy atom. The minimum atomic E-state index is -0.793. The first-order valence-corrected chi connectivity index (χ1v) is 9.46. The fourth-order valence-corrected chi connectivity index (χ4v) is 4.68. The third-order valence-electron chi connectivity index (χ3n) is 5.24. The van der Waals surface area contributed by atoms with Crippen molar-refractivity contribution >= 4 is 23.3 Å². The number of fused-ring (bicyclic) bond motifs is 1. The first kappa shape index (κ1) is 17.2. The molecule has 6 nitrogen and oxygen atoms in total. The monoisotopic (exact) mass is 351 g/mol. The van der Waals surface area contributed by atoms with Gasteiger partial charge < -0.3 is 15.3 Å². The van der Waals surface area contributed by atoms with Crippen molar-refractivity contribution in [3.8, 4) is 0 Å². The molecule has 0 aromatic carbocycles. The van der Waals surface area contributed by atoms with Gasteiger partial charge in [-0.1, -0.05) is 6.92 Å². The zero-order valence-corrected chi connectivity index (χ0v) is 15.0. The maximum Gasteiger partial charge on any atom is 0.318 e. The summed E-state index contributed by atoms with van der Waals surface area (Å²) >= 11 is 1.77. The molecule has 3 rings (SSSR count). The number of likely N-dealkylation sites (N-methyl/N-ethyl adjacent to an activating group) is 1. The average Bonchev–Trinajstić information content (AvgIpc) is 2.98. The lowest BCUT2D eigenvalue weighted by Crippen LogP contribution is -2.57. The van der Waals surface area contributed by atoms with Crippen molar-refractivity contribution in [1.82, 2.24) is 15.1 Å². The molecule has 2 N–H and O–H groups in total. The van der Waals surface area contributed by atoms with E-state index in [1.165, 1.54) is 10.4 Å². The lowest BCUT2D eigenvalue weighted by atomic mass is 9.85. The Morgan fingerprint density at radius 2 is 2.21 bits per heavy atom. The SMILES string of the molecule is CCN(CC(=O)O)C1CC(NC(=O)N2CCc3sccc3C2C)C1. The molecule has 0 saturated heterocycles. The van der Waals surface area contributed by atoms with Crippen molar-refractivity contribution in [2.45, 2.75) is 51.2 Å². The predicted molar refractivity (Wildman–Crippen MR) is 93.4 cm³/mol. The third-order valence-corrected chi connectivity index (χ3v) is 6.24. The number of carboxylic acids is 1. The number of amides is 2. The highest BCUT2D eigenvalue weighted by atomic mass is 32.1. The van der Waals surface area contributed by atoms with Gasteiger partial charge in [-0.05, 0) is 49.7 Å². The molecule has 132 valence electrons. The molecule has 1 unspecified atom stereocenters. The predicted octanol–water partition coefficient (Wildman–Crippen LogP) is 2.31. The normalized spacial score (nSPS) is 26.0. The third kappa shape index (κ3) is 3.42. The van der Waals surface area contributed by atoms with Gasteiger partial charge in [0.05, 0.1) is 12.6 Å². The second-order valence-corrected chi connectivity index (χ2v) is 7.65. The fourth-order valence-electron chi connectivity index (χ4n) is 3.72. The van der Waals surface area contributed by atoms with Crippen molar-refractivity contribution in [2.24, 2.45) is 0 Å². The van der Waals surface area contributed by atoms with E-state index in [4.69, 9.17) is 5.11 Å². The zero-order chi connectivity index (χ0) is 17.3. The minimum Gasteiger partial charge on any atom is -0.480 e. The number of carboxylic acid groups (broad SMARTS) is 1. The highest BCUT2D eigenvalue weighted by molar-refractivity contribution is 7.10. The molecule has 1 aliphatic carbocycles. The maximum atomic E-state index is 12.6. The van der Waals surface area contributed by atoms with Crippen LogP contribution in [0.2, 0.25) is 0 Å². The average molecular weight is 351 g/mol. The number of thiophene rings is 1. The molecule has 0 spiro atoms. The Bertz CT molecular complexity index is 612. The Morgan fingerprint density at radius 3 is 2.88 bits per heavy atom. The van der Waals surface area contributed by atoms with Crippen LogP contribution in [0.3, 0.4) is 0 Å². The van der Waals surface area contributed by atoms with E-state index in [0.717, 1.165) is 32.4 Å². The smallest absolute Gasteiger partial charge is 0.318 e. The van der Waals surface area contributed by atoms with Gasteiger partial charge in [0.1, 0.15) is 0 Å². The Kier molecular flexibility index (Phi) is 5.10. The van der Waals surface area contributed by atoms with Crippen LogP contribution in [0.15, 0.2) is 11.4 Å². The summed E-state index contributed by atoms with van der Waals surface area (Å²) in [6.07, 6.45) is 2.60. The fraction of sp³-hybridized carbons (Fsp3) is 0.647. The van der Waals surface area contributed by atoms with Crippen LogP contribution in [-0.4, -0.2) is 58.6 Å². The number of nitrogens with zero attached hydrogens (tertiary/aromatic N) is 2. The highest BCUT2D eigenvalue weighted by Crippen LogP contribution is 2.33.